The van der Waals surface area contributed by atoms with Gasteiger partial charge in [0.15, 0.2) is 0 Å². The molecule has 0 amide bonds. The van der Waals surface area contributed by atoms with Crippen LogP contribution < -0.4 is 0 Å². The van der Waals surface area contributed by atoms with Crippen molar-refractivity contribution in [2.75, 3.05) is 0 Å². The molecular weight excluding hydrogens is 112 g/mol. The lowest BCUT2D eigenvalue weighted by atomic mass is 10.3. The Hall–Kier alpha value is -0.850. The van der Waals surface area contributed by atoms with E-state index >= 15 is 0 Å². The first-order chi connectivity index (χ1) is 4.41. The Labute approximate surface area is 56.1 Å². The molecule has 0 N–H and O–H groups in total. The summed E-state index contributed by atoms with van der Waals surface area (Å²) in [4.78, 5) is 9.64. The average Bonchev–Trinajstić information content (AvgIpc) is 1.89. The van der Waals surface area contributed by atoms with E-state index in [4.69, 9.17) is 0 Å². The molecule has 0 aromatic rings. The molecule has 0 saturated heterocycles. The zero-order valence-corrected chi connectivity index (χ0v) is 5.63. The SMILES string of the molecule is C/C=C/C/C=C/C[C]=O. The molecular formula is C8H11O. The van der Waals surface area contributed by atoms with E-state index in [0.717, 1.165) is 6.42 Å². The smallest absolute Gasteiger partial charge is 0.202 e. The summed E-state index contributed by atoms with van der Waals surface area (Å²) < 4.78 is 0. The van der Waals surface area contributed by atoms with E-state index in [1.54, 1.807) is 6.29 Å². The van der Waals surface area contributed by atoms with E-state index in [1.165, 1.54) is 0 Å². The maximum Gasteiger partial charge on any atom is 0.202 e. The van der Waals surface area contributed by atoms with Crippen LogP contribution in [0.2, 0.25) is 0 Å². The minimum Gasteiger partial charge on any atom is -0.291 e. The zero-order chi connectivity index (χ0) is 6.95. The third-order valence-corrected chi connectivity index (χ3v) is 0.876. The van der Waals surface area contributed by atoms with Crippen LogP contribution in [-0.4, -0.2) is 6.29 Å². The van der Waals surface area contributed by atoms with Gasteiger partial charge in [0.1, 0.15) is 0 Å². The molecule has 0 aromatic heterocycles. The number of allylic oxidation sites excluding steroid dienone is 4. The summed E-state index contributed by atoms with van der Waals surface area (Å²) in [6.07, 6.45) is 10.9. The lowest BCUT2D eigenvalue weighted by Gasteiger charge is -1.76. The Morgan fingerprint density at radius 2 is 2.11 bits per heavy atom. The summed E-state index contributed by atoms with van der Waals surface area (Å²) in [5, 5.41) is 0. The summed E-state index contributed by atoms with van der Waals surface area (Å²) in [6.45, 7) is 1.97. The predicted octanol–water partition coefficient (Wildman–Crippen LogP) is 2.01. The van der Waals surface area contributed by atoms with Crippen molar-refractivity contribution in [3.8, 4) is 0 Å². The second-order valence-corrected chi connectivity index (χ2v) is 1.62. The molecule has 0 fully saturated rings. The van der Waals surface area contributed by atoms with Crippen LogP contribution in [0.15, 0.2) is 24.3 Å². The third-order valence-electron chi connectivity index (χ3n) is 0.876. The fraction of sp³-hybridized carbons (Fsp3) is 0.375. The van der Waals surface area contributed by atoms with E-state index in [-0.39, 0.29) is 0 Å². The molecule has 0 aliphatic heterocycles. The molecule has 1 radical (unpaired) electrons. The molecule has 0 unspecified atom stereocenters. The second kappa shape index (κ2) is 7.15. The van der Waals surface area contributed by atoms with Gasteiger partial charge >= 0.3 is 0 Å². The third kappa shape index (κ3) is 7.15. The van der Waals surface area contributed by atoms with Crippen LogP contribution in [0.1, 0.15) is 19.8 Å². The van der Waals surface area contributed by atoms with Gasteiger partial charge < -0.3 is 0 Å². The first kappa shape index (κ1) is 8.15. The van der Waals surface area contributed by atoms with Gasteiger partial charge in [-0.3, -0.25) is 4.79 Å². The molecule has 9 heavy (non-hydrogen) atoms. The first-order valence-corrected chi connectivity index (χ1v) is 3.03. The van der Waals surface area contributed by atoms with Crippen LogP contribution in [0.25, 0.3) is 0 Å². The number of rotatable bonds is 4. The minimum atomic E-state index is 0.414. The summed E-state index contributed by atoms with van der Waals surface area (Å²) in [5.74, 6) is 0. The van der Waals surface area contributed by atoms with Gasteiger partial charge in [-0.25, -0.2) is 0 Å². The van der Waals surface area contributed by atoms with E-state index in [0.29, 0.717) is 6.42 Å². The van der Waals surface area contributed by atoms with Crippen molar-refractivity contribution in [1.29, 1.82) is 0 Å². The Morgan fingerprint density at radius 3 is 2.67 bits per heavy atom. The van der Waals surface area contributed by atoms with Crippen LogP contribution in [-0.2, 0) is 4.79 Å². The highest BCUT2D eigenvalue weighted by molar-refractivity contribution is 5.52. The number of hydrogen-bond donors (Lipinski definition) is 0. The largest absolute Gasteiger partial charge is 0.291 e. The standard InChI is InChI=1S/C8H11O/c1-2-3-4-5-6-7-8-9/h2-3,5-6H,4,7H2,1H3/b3-2+,6-5+. The van der Waals surface area contributed by atoms with Crippen molar-refractivity contribution in [2.24, 2.45) is 0 Å². The summed E-state index contributed by atoms with van der Waals surface area (Å²) in [7, 11) is 0. The zero-order valence-electron chi connectivity index (χ0n) is 5.63. The van der Waals surface area contributed by atoms with Gasteiger partial charge in [0, 0.05) is 6.42 Å². The molecule has 0 bridgehead atoms. The topological polar surface area (TPSA) is 17.1 Å². The maximum atomic E-state index is 9.64. The van der Waals surface area contributed by atoms with Gasteiger partial charge in [0.25, 0.3) is 0 Å². The highest BCUT2D eigenvalue weighted by Crippen LogP contribution is 1.86. The van der Waals surface area contributed by atoms with Gasteiger partial charge in [0.05, 0.1) is 0 Å². The van der Waals surface area contributed by atoms with Crippen LogP contribution in [0, 0.1) is 0 Å². The number of hydrogen-bond acceptors (Lipinski definition) is 1. The van der Waals surface area contributed by atoms with Crippen LogP contribution in [0.3, 0.4) is 0 Å². The van der Waals surface area contributed by atoms with Crippen LogP contribution in [0.5, 0.6) is 0 Å². The molecule has 0 aliphatic rings. The Bertz CT molecular complexity index is 112. The van der Waals surface area contributed by atoms with Crippen molar-refractivity contribution in [3.63, 3.8) is 0 Å². The lowest BCUT2D eigenvalue weighted by molar-refractivity contribution is 0.556. The fourth-order valence-electron chi connectivity index (χ4n) is 0.442. The fourth-order valence-corrected chi connectivity index (χ4v) is 0.442. The molecule has 0 spiro atoms. The molecule has 0 aromatic carbocycles. The highest BCUT2D eigenvalue weighted by Gasteiger charge is 1.71. The van der Waals surface area contributed by atoms with Gasteiger partial charge in [-0.15, -0.1) is 0 Å². The van der Waals surface area contributed by atoms with Crippen molar-refractivity contribution in [1.82, 2.24) is 0 Å². The Morgan fingerprint density at radius 1 is 1.33 bits per heavy atom. The molecule has 0 atom stereocenters. The number of carbonyl (C=O) groups excluding carboxylic acids is 1. The lowest BCUT2D eigenvalue weighted by Crippen LogP contribution is -1.64. The molecule has 0 saturated carbocycles. The normalized spacial score (nSPS) is 11.2. The molecule has 1 nitrogen and oxygen atoms in total. The van der Waals surface area contributed by atoms with Crippen molar-refractivity contribution in [2.45, 2.75) is 19.8 Å². The monoisotopic (exact) mass is 123 g/mol. The van der Waals surface area contributed by atoms with Gasteiger partial charge in [-0.05, 0) is 13.3 Å². The summed E-state index contributed by atoms with van der Waals surface area (Å²) >= 11 is 0. The Kier molecular flexibility index (Phi) is 6.47. The van der Waals surface area contributed by atoms with Crippen molar-refractivity contribution in [3.05, 3.63) is 24.3 Å². The summed E-state index contributed by atoms with van der Waals surface area (Å²) in [6, 6.07) is 0. The van der Waals surface area contributed by atoms with E-state index < -0.39 is 0 Å². The highest BCUT2D eigenvalue weighted by atomic mass is 16.1. The van der Waals surface area contributed by atoms with Crippen molar-refractivity contribution >= 4 is 6.29 Å². The second-order valence-electron chi connectivity index (χ2n) is 1.62. The first-order valence-electron chi connectivity index (χ1n) is 3.03. The molecule has 0 aliphatic carbocycles. The van der Waals surface area contributed by atoms with Crippen LogP contribution >= 0.6 is 0 Å². The molecule has 0 heterocycles. The minimum absolute atomic E-state index is 0.414. The van der Waals surface area contributed by atoms with Gasteiger partial charge in [0.2, 0.25) is 6.29 Å². The maximum absolute atomic E-state index is 9.64. The van der Waals surface area contributed by atoms with E-state index in [9.17, 15) is 4.79 Å². The Balaban J connectivity index is 3.14. The van der Waals surface area contributed by atoms with E-state index in [1.807, 2.05) is 31.2 Å². The van der Waals surface area contributed by atoms with Gasteiger partial charge in [-0.1, -0.05) is 24.3 Å². The molecule has 0 rings (SSSR count). The van der Waals surface area contributed by atoms with Gasteiger partial charge in [-0.2, -0.15) is 0 Å². The quantitative estimate of drug-likeness (QED) is 0.522. The molecule has 1 heteroatoms. The van der Waals surface area contributed by atoms with Crippen LogP contribution in [0.4, 0.5) is 0 Å². The predicted molar refractivity (Wildman–Crippen MR) is 38.9 cm³/mol. The van der Waals surface area contributed by atoms with Crippen molar-refractivity contribution < 1.29 is 4.79 Å². The molecule has 49 valence electrons. The van der Waals surface area contributed by atoms with E-state index in [2.05, 4.69) is 0 Å². The summed E-state index contributed by atoms with van der Waals surface area (Å²) in [5.41, 5.74) is 0. The average molecular weight is 123 g/mol.